The summed E-state index contributed by atoms with van der Waals surface area (Å²) >= 11 is 0. The minimum absolute atomic E-state index is 0.552. The number of rotatable bonds is 3. The normalized spacial score (nSPS) is 27.2. The fraction of sp³-hybridized carbons (Fsp3) is 0.625. The fourth-order valence-corrected chi connectivity index (χ4v) is 2.98. The maximum Gasteiger partial charge on any atom is 0.0366 e. The third-order valence-electron chi connectivity index (χ3n) is 4.57. The van der Waals surface area contributed by atoms with E-state index < -0.39 is 0 Å². The second-order valence-electron chi connectivity index (χ2n) is 6.51. The Morgan fingerprint density at radius 2 is 1.72 bits per heavy atom. The number of anilines is 1. The fourth-order valence-electron chi connectivity index (χ4n) is 2.98. The van der Waals surface area contributed by atoms with E-state index in [4.69, 9.17) is 0 Å². The lowest BCUT2D eigenvalue weighted by molar-refractivity contribution is 0.390. The highest BCUT2D eigenvalue weighted by Gasteiger charge is 2.46. The predicted molar refractivity (Wildman–Crippen MR) is 77.0 cm³/mol. The Balaban J connectivity index is 1.50. The van der Waals surface area contributed by atoms with Gasteiger partial charge in [-0.2, -0.15) is 0 Å². The highest BCUT2D eigenvalue weighted by molar-refractivity contribution is 5.46. The Labute approximate surface area is 110 Å². The van der Waals surface area contributed by atoms with Crippen LogP contribution in [0.15, 0.2) is 30.3 Å². The van der Waals surface area contributed by atoms with E-state index in [2.05, 4.69) is 54.4 Å². The van der Waals surface area contributed by atoms with Crippen LogP contribution in [0, 0.1) is 5.41 Å². The summed E-state index contributed by atoms with van der Waals surface area (Å²) in [7, 11) is 0. The molecule has 3 rings (SSSR count). The lowest BCUT2D eigenvalue weighted by Crippen LogP contribution is -2.44. The Morgan fingerprint density at radius 3 is 2.28 bits per heavy atom. The second kappa shape index (κ2) is 4.58. The summed E-state index contributed by atoms with van der Waals surface area (Å²) < 4.78 is 0. The van der Waals surface area contributed by atoms with Gasteiger partial charge in [0.15, 0.2) is 0 Å². The quantitative estimate of drug-likeness (QED) is 0.879. The van der Waals surface area contributed by atoms with Crippen LogP contribution in [0.2, 0.25) is 0 Å². The van der Waals surface area contributed by atoms with Gasteiger partial charge >= 0.3 is 0 Å². The first-order valence-electron chi connectivity index (χ1n) is 7.21. The molecule has 18 heavy (non-hydrogen) atoms. The summed E-state index contributed by atoms with van der Waals surface area (Å²) in [6.07, 6.45) is 3.91. The molecule has 98 valence electrons. The molecule has 1 aromatic carbocycles. The average Bonchev–Trinajstić information content (AvgIpc) is 2.98. The van der Waals surface area contributed by atoms with Gasteiger partial charge < -0.3 is 10.2 Å². The molecule has 2 heteroatoms. The number of benzene rings is 1. The van der Waals surface area contributed by atoms with E-state index in [1.54, 1.807) is 0 Å². The van der Waals surface area contributed by atoms with Crippen LogP contribution in [0.4, 0.5) is 5.69 Å². The molecule has 1 saturated carbocycles. The van der Waals surface area contributed by atoms with Crippen LogP contribution in [-0.4, -0.2) is 25.2 Å². The number of hydrogen-bond donors (Lipinski definition) is 1. The second-order valence-corrected chi connectivity index (χ2v) is 6.51. The molecule has 0 spiro atoms. The molecule has 1 unspecified atom stereocenters. The molecule has 1 N–H and O–H groups in total. The number of para-hydroxylation sites is 1. The molecule has 0 radical (unpaired) electrons. The molecule has 1 heterocycles. The third kappa shape index (κ3) is 2.54. The predicted octanol–water partition coefficient (Wildman–Crippen LogP) is 3.04. The highest BCUT2D eigenvalue weighted by Crippen LogP contribution is 2.45. The smallest absolute Gasteiger partial charge is 0.0366 e. The van der Waals surface area contributed by atoms with Gasteiger partial charge in [-0.1, -0.05) is 32.0 Å². The lowest BCUT2D eigenvalue weighted by Gasteiger charge is -2.34. The molecule has 1 aromatic rings. The summed E-state index contributed by atoms with van der Waals surface area (Å²) in [6.45, 7) is 7.11. The molecule has 0 aromatic heterocycles. The van der Waals surface area contributed by atoms with Crippen LogP contribution in [0.1, 0.15) is 33.1 Å². The topological polar surface area (TPSA) is 15.3 Å². The average molecular weight is 244 g/mol. The van der Waals surface area contributed by atoms with Crippen molar-refractivity contribution in [3.8, 4) is 0 Å². The highest BCUT2D eigenvalue weighted by atomic mass is 15.2. The zero-order chi connectivity index (χ0) is 12.6. The standard InChI is InChI=1S/C16H24N2/c1-16(2)12-15(16)17-13-8-10-18(11-9-13)14-6-4-3-5-7-14/h3-7,13,15,17H,8-12H2,1-2H3. The lowest BCUT2D eigenvalue weighted by atomic mass is 10.0. The zero-order valence-electron chi connectivity index (χ0n) is 11.5. The van der Waals surface area contributed by atoms with E-state index in [9.17, 15) is 0 Å². The van der Waals surface area contributed by atoms with Gasteiger partial charge in [0.05, 0.1) is 0 Å². The van der Waals surface area contributed by atoms with E-state index in [0.29, 0.717) is 5.41 Å². The van der Waals surface area contributed by atoms with Crippen LogP contribution in [0.5, 0.6) is 0 Å². The number of nitrogens with one attached hydrogen (secondary N) is 1. The maximum atomic E-state index is 3.83. The van der Waals surface area contributed by atoms with Gasteiger partial charge in [0.1, 0.15) is 0 Å². The van der Waals surface area contributed by atoms with Crippen LogP contribution < -0.4 is 10.2 Å². The number of piperidine rings is 1. The van der Waals surface area contributed by atoms with Crippen molar-refractivity contribution in [2.45, 2.75) is 45.2 Å². The van der Waals surface area contributed by atoms with Gasteiger partial charge in [-0.25, -0.2) is 0 Å². The Bertz CT molecular complexity index is 391. The third-order valence-corrected chi connectivity index (χ3v) is 4.57. The van der Waals surface area contributed by atoms with E-state index in [-0.39, 0.29) is 0 Å². The molecule has 1 aliphatic heterocycles. The van der Waals surface area contributed by atoms with Crippen molar-refractivity contribution in [2.75, 3.05) is 18.0 Å². The van der Waals surface area contributed by atoms with Gasteiger partial charge in [-0.3, -0.25) is 0 Å². The first kappa shape index (κ1) is 12.0. The maximum absolute atomic E-state index is 3.83. The van der Waals surface area contributed by atoms with Gasteiger partial charge in [-0.15, -0.1) is 0 Å². The van der Waals surface area contributed by atoms with Gasteiger partial charge in [-0.05, 0) is 36.8 Å². The summed E-state index contributed by atoms with van der Waals surface area (Å²) in [5.41, 5.74) is 1.93. The van der Waals surface area contributed by atoms with Crippen molar-refractivity contribution in [1.82, 2.24) is 5.32 Å². The largest absolute Gasteiger partial charge is 0.371 e. The van der Waals surface area contributed by atoms with E-state index in [0.717, 1.165) is 12.1 Å². The molecule has 2 nitrogen and oxygen atoms in total. The minimum atomic E-state index is 0.552. The summed E-state index contributed by atoms with van der Waals surface area (Å²) in [5.74, 6) is 0. The molecule has 1 saturated heterocycles. The van der Waals surface area contributed by atoms with Gasteiger partial charge in [0.25, 0.3) is 0 Å². The molecule has 0 bridgehead atoms. The first-order chi connectivity index (χ1) is 8.65. The SMILES string of the molecule is CC1(C)CC1NC1CCN(c2ccccc2)CC1. The van der Waals surface area contributed by atoms with Gasteiger partial charge in [0.2, 0.25) is 0 Å². The molecule has 2 aliphatic rings. The van der Waals surface area contributed by atoms with Gasteiger partial charge in [0, 0.05) is 30.9 Å². The van der Waals surface area contributed by atoms with Crippen molar-refractivity contribution >= 4 is 5.69 Å². The number of nitrogens with zero attached hydrogens (tertiary/aromatic N) is 1. The monoisotopic (exact) mass is 244 g/mol. The van der Waals surface area contributed by atoms with E-state index in [1.165, 1.54) is 38.0 Å². The Morgan fingerprint density at radius 1 is 1.11 bits per heavy atom. The molecule has 1 atom stereocenters. The van der Waals surface area contributed by atoms with Crippen molar-refractivity contribution in [2.24, 2.45) is 5.41 Å². The minimum Gasteiger partial charge on any atom is -0.371 e. The molecule has 1 aliphatic carbocycles. The van der Waals surface area contributed by atoms with Crippen LogP contribution in [0.3, 0.4) is 0 Å². The van der Waals surface area contributed by atoms with E-state index >= 15 is 0 Å². The van der Waals surface area contributed by atoms with Crippen LogP contribution in [0.25, 0.3) is 0 Å². The van der Waals surface area contributed by atoms with Crippen LogP contribution >= 0.6 is 0 Å². The van der Waals surface area contributed by atoms with E-state index in [1.807, 2.05) is 0 Å². The van der Waals surface area contributed by atoms with Crippen molar-refractivity contribution < 1.29 is 0 Å². The van der Waals surface area contributed by atoms with Crippen molar-refractivity contribution in [3.05, 3.63) is 30.3 Å². The summed E-state index contributed by atoms with van der Waals surface area (Å²) in [5, 5.41) is 3.83. The molecule has 0 amide bonds. The Kier molecular flexibility index (Phi) is 3.06. The molecular weight excluding hydrogens is 220 g/mol. The van der Waals surface area contributed by atoms with Crippen molar-refractivity contribution in [3.63, 3.8) is 0 Å². The zero-order valence-corrected chi connectivity index (χ0v) is 11.5. The molecular formula is C16H24N2. The van der Waals surface area contributed by atoms with Crippen LogP contribution in [-0.2, 0) is 0 Å². The first-order valence-corrected chi connectivity index (χ1v) is 7.21. The Hall–Kier alpha value is -1.02. The molecule has 2 fully saturated rings. The summed E-state index contributed by atoms with van der Waals surface area (Å²) in [4.78, 5) is 2.51. The number of hydrogen-bond acceptors (Lipinski definition) is 2. The van der Waals surface area contributed by atoms with Crippen molar-refractivity contribution in [1.29, 1.82) is 0 Å². The summed E-state index contributed by atoms with van der Waals surface area (Å²) in [6, 6.07) is 12.3.